The fourth-order valence-corrected chi connectivity index (χ4v) is 3.61. The van der Waals surface area contributed by atoms with Gasteiger partial charge in [0.1, 0.15) is 0 Å². The summed E-state index contributed by atoms with van der Waals surface area (Å²) in [5.74, 6) is 0.320. The van der Waals surface area contributed by atoms with E-state index in [4.69, 9.17) is 0 Å². The van der Waals surface area contributed by atoms with E-state index >= 15 is 0 Å². The fourth-order valence-electron chi connectivity index (χ4n) is 3.61. The Balaban J connectivity index is 1.62. The summed E-state index contributed by atoms with van der Waals surface area (Å²) >= 11 is 0. The molecule has 1 N–H and O–H groups in total. The number of fused-ring (bicyclic) bond motifs is 1. The predicted octanol–water partition coefficient (Wildman–Crippen LogP) is 2.85. The Kier molecular flexibility index (Phi) is 4.11. The molecule has 21 heavy (non-hydrogen) atoms. The van der Waals surface area contributed by atoms with Crippen LogP contribution >= 0.6 is 0 Å². The molecule has 1 aromatic carbocycles. The lowest BCUT2D eigenvalue weighted by Crippen LogP contribution is -2.54. The topological polar surface area (TPSA) is 40.5 Å². The summed E-state index contributed by atoms with van der Waals surface area (Å²) in [7, 11) is 0. The molecule has 1 aromatic rings. The van der Waals surface area contributed by atoms with Crippen LogP contribution in [0.2, 0.25) is 0 Å². The highest BCUT2D eigenvalue weighted by Crippen LogP contribution is 2.39. The van der Waals surface area contributed by atoms with Gasteiger partial charge in [-0.1, -0.05) is 43.2 Å². The molecule has 3 nitrogen and oxygen atoms in total. The SMILES string of the molecule is O=C(C=Cc1ccccc1)N1CCC2(O)CCCCC2C1. The molecule has 1 saturated carbocycles. The van der Waals surface area contributed by atoms with Crippen molar-refractivity contribution >= 4 is 12.0 Å². The normalized spacial score (nSPS) is 29.4. The van der Waals surface area contributed by atoms with Gasteiger partial charge in [-0.15, -0.1) is 0 Å². The van der Waals surface area contributed by atoms with Gasteiger partial charge in [0.2, 0.25) is 5.91 Å². The van der Waals surface area contributed by atoms with E-state index in [1.54, 1.807) is 6.08 Å². The van der Waals surface area contributed by atoms with Crippen LogP contribution < -0.4 is 0 Å². The molecule has 2 unspecified atom stereocenters. The average Bonchev–Trinajstić information content (AvgIpc) is 2.52. The van der Waals surface area contributed by atoms with E-state index in [0.29, 0.717) is 13.1 Å². The molecule has 3 rings (SSSR count). The van der Waals surface area contributed by atoms with Crippen LogP contribution in [0.4, 0.5) is 0 Å². The summed E-state index contributed by atoms with van der Waals surface area (Å²) in [6.45, 7) is 1.37. The molecular weight excluding hydrogens is 262 g/mol. The lowest BCUT2D eigenvalue weighted by Gasteiger charge is -2.47. The smallest absolute Gasteiger partial charge is 0.246 e. The number of carbonyl (C=O) groups is 1. The molecule has 0 bridgehead atoms. The monoisotopic (exact) mass is 285 g/mol. The Hall–Kier alpha value is -1.61. The second-order valence-electron chi connectivity index (χ2n) is 6.32. The van der Waals surface area contributed by atoms with Gasteiger partial charge in [-0.3, -0.25) is 4.79 Å². The first kappa shape index (κ1) is 14.3. The van der Waals surface area contributed by atoms with E-state index in [9.17, 15) is 9.90 Å². The Labute approximate surface area is 126 Å². The zero-order valence-corrected chi connectivity index (χ0v) is 12.4. The molecule has 112 valence electrons. The maximum Gasteiger partial charge on any atom is 0.246 e. The lowest BCUT2D eigenvalue weighted by atomic mass is 9.71. The van der Waals surface area contributed by atoms with E-state index in [1.165, 1.54) is 6.42 Å². The molecule has 2 atom stereocenters. The molecule has 0 spiro atoms. The Bertz CT molecular complexity index is 525. The standard InChI is InChI=1S/C18H23NO2/c20-17(10-9-15-6-2-1-3-7-15)19-13-12-18(21)11-5-4-8-16(18)14-19/h1-3,6-7,9-10,16,21H,4-5,8,11-14H2. The number of likely N-dealkylation sites (tertiary alicyclic amines) is 1. The van der Waals surface area contributed by atoms with Gasteiger partial charge in [-0.05, 0) is 30.9 Å². The zero-order valence-electron chi connectivity index (χ0n) is 12.4. The minimum atomic E-state index is -0.516. The van der Waals surface area contributed by atoms with Crippen LogP contribution in [0, 0.1) is 5.92 Å². The van der Waals surface area contributed by atoms with Gasteiger partial charge < -0.3 is 10.0 Å². The van der Waals surface area contributed by atoms with Crippen molar-refractivity contribution in [2.75, 3.05) is 13.1 Å². The minimum absolute atomic E-state index is 0.0616. The van der Waals surface area contributed by atoms with E-state index in [1.807, 2.05) is 41.3 Å². The number of amides is 1. The summed E-state index contributed by atoms with van der Waals surface area (Å²) < 4.78 is 0. The minimum Gasteiger partial charge on any atom is -0.389 e. The first-order chi connectivity index (χ1) is 10.2. The lowest BCUT2D eigenvalue weighted by molar-refractivity contribution is -0.138. The van der Waals surface area contributed by atoms with Gasteiger partial charge in [0.15, 0.2) is 0 Å². The Morgan fingerprint density at radius 1 is 1.24 bits per heavy atom. The van der Waals surface area contributed by atoms with Gasteiger partial charge in [-0.2, -0.15) is 0 Å². The van der Waals surface area contributed by atoms with Crippen molar-refractivity contribution in [2.45, 2.75) is 37.7 Å². The largest absolute Gasteiger partial charge is 0.389 e. The van der Waals surface area contributed by atoms with E-state index < -0.39 is 5.60 Å². The van der Waals surface area contributed by atoms with Gasteiger partial charge in [0.25, 0.3) is 0 Å². The van der Waals surface area contributed by atoms with Crippen molar-refractivity contribution in [1.82, 2.24) is 4.90 Å². The number of rotatable bonds is 2. The first-order valence-corrected chi connectivity index (χ1v) is 7.92. The molecule has 0 radical (unpaired) electrons. The van der Waals surface area contributed by atoms with Crippen molar-refractivity contribution in [3.8, 4) is 0 Å². The van der Waals surface area contributed by atoms with Crippen LogP contribution in [0.15, 0.2) is 36.4 Å². The summed E-state index contributed by atoms with van der Waals surface area (Å²) in [5.41, 5.74) is 0.523. The van der Waals surface area contributed by atoms with E-state index in [2.05, 4.69) is 0 Å². The van der Waals surface area contributed by atoms with Gasteiger partial charge in [0.05, 0.1) is 5.60 Å². The van der Waals surface area contributed by atoms with Crippen LogP contribution in [-0.2, 0) is 4.79 Å². The summed E-state index contributed by atoms with van der Waals surface area (Å²) in [4.78, 5) is 14.2. The number of nitrogens with zero attached hydrogens (tertiary/aromatic N) is 1. The van der Waals surface area contributed by atoms with Crippen LogP contribution in [-0.4, -0.2) is 34.6 Å². The highest BCUT2D eigenvalue weighted by molar-refractivity contribution is 5.91. The molecule has 1 aliphatic heterocycles. The quantitative estimate of drug-likeness (QED) is 0.849. The number of hydrogen-bond acceptors (Lipinski definition) is 2. The summed E-state index contributed by atoms with van der Waals surface area (Å²) in [6, 6.07) is 9.87. The van der Waals surface area contributed by atoms with E-state index in [-0.39, 0.29) is 11.8 Å². The van der Waals surface area contributed by atoms with Crippen molar-refractivity contribution in [3.05, 3.63) is 42.0 Å². The third kappa shape index (κ3) is 3.18. The Morgan fingerprint density at radius 3 is 2.86 bits per heavy atom. The fraction of sp³-hybridized carbons (Fsp3) is 0.500. The molecule has 2 fully saturated rings. The molecule has 3 heteroatoms. The summed E-state index contributed by atoms with van der Waals surface area (Å²) in [6.07, 6.45) is 8.49. The molecule has 2 aliphatic rings. The number of hydrogen-bond donors (Lipinski definition) is 1. The van der Waals surface area contributed by atoms with Crippen LogP contribution in [0.5, 0.6) is 0 Å². The van der Waals surface area contributed by atoms with Crippen molar-refractivity contribution < 1.29 is 9.90 Å². The highest BCUT2D eigenvalue weighted by Gasteiger charge is 2.43. The van der Waals surface area contributed by atoms with Crippen LogP contribution in [0.3, 0.4) is 0 Å². The van der Waals surface area contributed by atoms with Crippen molar-refractivity contribution in [1.29, 1.82) is 0 Å². The Morgan fingerprint density at radius 2 is 2.05 bits per heavy atom. The third-order valence-electron chi connectivity index (χ3n) is 4.96. The van der Waals surface area contributed by atoms with Gasteiger partial charge in [-0.25, -0.2) is 0 Å². The molecule has 1 aliphatic carbocycles. The maximum atomic E-state index is 12.3. The average molecular weight is 285 g/mol. The predicted molar refractivity (Wildman–Crippen MR) is 83.6 cm³/mol. The van der Waals surface area contributed by atoms with Gasteiger partial charge >= 0.3 is 0 Å². The number of aliphatic hydroxyl groups is 1. The first-order valence-electron chi connectivity index (χ1n) is 7.92. The van der Waals surface area contributed by atoms with Crippen molar-refractivity contribution in [2.24, 2.45) is 5.92 Å². The van der Waals surface area contributed by atoms with Gasteiger partial charge in [0, 0.05) is 25.1 Å². The summed E-state index contributed by atoms with van der Waals surface area (Å²) in [5, 5.41) is 10.6. The van der Waals surface area contributed by atoms with E-state index in [0.717, 1.165) is 31.2 Å². The third-order valence-corrected chi connectivity index (χ3v) is 4.96. The molecule has 1 heterocycles. The maximum absolute atomic E-state index is 12.3. The molecule has 1 amide bonds. The second kappa shape index (κ2) is 6.02. The number of carbonyl (C=O) groups excluding carboxylic acids is 1. The zero-order chi connectivity index (χ0) is 14.7. The number of piperidine rings is 1. The molecule has 1 saturated heterocycles. The molecular formula is C18H23NO2. The second-order valence-corrected chi connectivity index (χ2v) is 6.32. The van der Waals surface area contributed by atoms with Crippen LogP contribution in [0.1, 0.15) is 37.7 Å². The van der Waals surface area contributed by atoms with Crippen LogP contribution in [0.25, 0.3) is 6.08 Å². The molecule has 0 aromatic heterocycles. The highest BCUT2D eigenvalue weighted by atomic mass is 16.3. The van der Waals surface area contributed by atoms with Crippen molar-refractivity contribution in [3.63, 3.8) is 0 Å². The number of benzene rings is 1.